The molecule has 9 nitrogen and oxygen atoms in total. The average Bonchev–Trinajstić information content (AvgIpc) is 3.19. The second kappa shape index (κ2) is 9.75. The SMILES string of the molecule is CC(C)COC(=O)Nc1cccc(NC(=O)C2=NN(c3ccccc3)C(C(N)=O)C2)c1. The summed E-state index contributed by atoms with van der Waals surface area (Å²) in [6.45, 7) is 4.19. The number of hydrogen-bond acceptors (Lipinski definition) is 6. The monoisotopic (exact) mass is 423 g/mol. The molecule has 2 aromatic carbocycles. The molecule has 3 rings (SSSR count). The van der Waals surface area contributed by atoms with E-state index in [0.717, 1.165) is 0 Å². The second-order valence-electron chi connectivity index (χ2n) is 7.50. The van der Waals surface area contributed by atoms with Gasteiger partial charge < -0.3 is 15.8 Å². The lowest BCUT2D eigenvalue weighted by Crippen LogP contribution is -2.39. The highest BCUT2D eigenvalue weighted by Gasteiger charge is 2.34. The van der Waals surface area contributed by atoms with Crippen LogP contribution in [0.4, 0.5) is 21.9 Å². The van der Waals surface area contributed by atoms with E-state index in [1.807, 2.05) is 32.0 Å². The van der Waals surface area contributed by atoms with Gasteiger partial charge in [0.15, 0.2) is 0 Å². The summed E-state index contributed by atoms with van der Waals surface area (Å²) in [5.74, 6) is -0.797. The fourth-order valence-electron chi connectivity index (χ4n) is 2.96. The lowest BCUT2D eigenvalue weighted by molar-refractivity contribution is -0.119. The molecule has 1 aliphatic heterocycles. The van der Waals surface area contributed by atoms with Crippen LogP contribution in [0.25, 0.3) is 0 Å². The zero-order chi connectivity index (χ0) is 22.4. The smallest absolute Gasteiger partial charge is 0.411 e. The van der Waals surface area contributed by atoms with Crippen molar-refractivity contribution in [1.82, 2.24) is 0 Å². The minimum Gasteiger partial charge on any atom is -0.449 e. The van der Waals surface area contributed by atoms with Gasteiger partial charge in [0.1, 0.15) is 11.8 Å². The number of rotatable bonds is 7. The van der Waals surface area contributed by atoms with Gasteiger partial charge in [0.2, 0.25) is 5.91 Å². The number of nitrogens with two attached hydrogens (primary N) is 1. The van der Waals surface area contributed by atoms with Crippen LogP contribution in [0.1, 0.15) is 20.3 Å². The minimum absolute atomic E-state index is 0.0928. The molecule has 1 heterocycles. The number of hydrogen-bond donors (Lipinski definition) is 3. The van der Waals surface area contributed by atoms with Gasteiger partial charge >= 0.3 is 6.09 Å². The molecule has 3 amide bonds. The first kappa shape index (κ1) is 21.8. The standard InChI is InChI=1S/C22H25N5O4/c1-14(2)13-31-22(30)25-16-8-6-7-15(11-16)24-21(29)18-12-19(20(23)28)27(26-18)17-9-4-3-5-10-17/h3-11,14,19H,12-13H2,1-2H3,(H2,23,28)(H,24,29)(H,25,30). The van der Waals surface area contributed by atoms with Crippen molar-refractivity contribution >= 4 is 40.7 Å². The first-order chi connectivity index (χ1) is 14.8. The van der Waals surface area contributed by atoms with Crippen LogP contribution in [0.2, 0.25) is 0 Å². The van der Waals surface area contributed by atoms with Gasteiger partial charge in [-0.05, 0) is 36.2 Å². The Balaban J connectivity index is 1.68. The molecular formula is C22H25N5O4. The molecule has 0 aromatic heterocycles. The molecule has 0 bridgehead atoms. The first-order valence-electron chi connectivity index (χ1n) is 9.89. The molecule has 1 atom stereocenters. The van der Waals surface area contributed by atoms with Crippen molar-refractivity contribution in [3.05, 3.63) is 54.6 Å². The minimum atomic E-state index is -0.744. The summed E-state index contributed by atoms with van der Waals surface area (Å²) in [4.78, 5) is 36.5. The summed E-state index contributed by atoms with van der Waals surface area (Å²) >= 11 is 0. The molecule has 4 N–H and O–H groups in total. The van der Waals surface area contributed by atoms with Crippen LogP contribution in [0.3, 0.4) is 0 Å². The number of para-hydroxylation sites is 1. The molecule has 0 saturated carbocycles. The van der Waals surface area contributed by atoms with E-state index >= 15 is 0 Å². The number of benzene rings is 2. The molecule has 9 heteroatoms. The fourth-order valence-corrected chi connectivity index (χ4v) is 2.96. The third-order valence-corrected chi connectivity index (χ3v) is 4.44. The van der Waals surface area contributed by atoms with Crippen LogP contribution in [-0.2, 0) is 14.3 Å². The largest absolute Gasteiger partial charge is 0.449 e. The predicted octanol–water partition coefficient (Wildman–Crippen LogP) is 2.95. The molecule has 0 fully saturated rings. The van der Waals surface area contributed by atoms with Crippen molar-refractivity contribution in [1.29, 1.82) is 0 Å². The van der Waals surface area contributed by atoms with E-state index < -0.39 is 23.9 Å². The van der Waals surface area contributed by atoms with E-state index in [-0.39, 0.29) is 18.1 Å². The number of anilines is 3. The number of ether oxygens (including phenoxy) is 1. The number of nitrogens with zero attached hydrogens (tertiary/aromatic N) is 2. The highest BCUT2D eigenvalue weighted by Crippen LogP contribution is 2.25. The van der Waals surface area contributed by atoms with Crippen molar-refractivity contribution in [2.45, 2.75) is 26.3 Å². The summed E-state index contributed by atoms with van der Waals surface area (Å²) < 4.78 is 5.09. The molecule has 1 unspecified atom stereocenters. The van der Waals surface area contributed by atoms with Gasteiger partial charge in [0.05, 0.1) is 12.3 Å². The Bertz CT molecular complexity index is 990. The van der Waals surface area contributed by atoms with Crippen LogP contribution < -0.4 is 21.4 Å². The maximum Gasteiger partial charge on any atom is 0.411 e. The first-order valence-corrected chi connectivity index (χ1v) is 9.89. The molecule has 0 saturated heterocycles. The Morgan fingerprint density at radius 2 is 1.77 bits per heavy atom. The number of hydrazone groups is 1. The van der Waals surface area contributed by atoms with E-state index in [2.05, 4.69) is 15.7 Å². The quantitative estimate of drug-likeness (QED) is 0.631. The summed E-state index contributed by atoms with van der Waals surface area (Å²) in [6.07, 6.45) is -0.477. The van der Waals surface area contributed by atoms with Crippen molar-refractivity contribution in [3.63, 3.8) is 0 Å². The molecule has 0 aliphatic carbocycles. The Hall–Kier alpha value is -3.88. The summed E-state index contributed by atoms with van der Waals surface area (Å²) in [5, 5.41) is 11.1. The highest BCUT2D eigenvalue weighted by molar-refractivity contribution is 6.44. The maximum absolute atomic E-state index is 12.7. The number of carbonyl (C=O) groups is 3. The van der Waals surface area contributed by atoms with E-state index in [1.54, 1.807) is 36.4 Å². The Morgan fingerprint density at radius 1 is 1.10 bits per heavy atom. The molecular weight excluding hydrogens is 398 g/mol. The van der Waals surface area contributed by atoms with E-state index in [1.165, 1.54) is 5.01 Å². The van der Waals surface area contributed by atoms with Crippen molar-refractivity contribution in [2.24, 2.45) is 16.8 Å². The van der Waals surface area contributed by atoms with Gasteiger partial charge in [0.25, 0.3) is 5.91 Å². The van der Waals surface area contributed by atoms with Gasteiger partial charge in [-0.2, -0.15) is 5.10 Å². The summed E-state index contributed by atoms with van der Waals surface area (Å²) in [5.41, 5.74) is 7.30. The molecule has 0 spiro atoms. The molecule has 0 radical (unpaired) electrons. The van der Waals surface area contributed by atoms with Crippen molar-refractivity contribution in [2.75, 3.05) is 22.2 Å². The third-order valence-electron chi connectivity index (χ3n) is 4.44. The number of amides is 3. The van der Waals surface area contributed by atoms with Gasteiger partial charge in [-0.1, -0.05) is 38.1 Å². The molecule has 162 valence electrons. The van der Waals surface area contributed by atoms with Gasteiger partial charge in [-0.25, -0.2) is 4.79 Å². The Labute approximate surface area is 180 Å². The van der Waals surface area contributed by atoms with Gasteiger partial charge in [-0.3, -0.25) is 19.9 Å². The van der Waals surface area contributed by atoms with E-state index in [4.69, 9.17) is 10.5 Å². The van der Waals surface area contributed by atoms with Gasteiger partial charge in [-0.15, -0.1) is 0 Å². The molecule has 1 aliphatic rings. The number of nitrogens with one attached hydrogen (secondary N) is 2. The fraction of sp³-hybridized carbons (Fsp3) is 0.273. The average molecular weight is 423 g/mol. The molecule has 2 aromatic rings. The number of carbonyl (C=O) groups excluding carboxylic acids is 3. The second-order valence-corrected chi connectivity index (χ2v) is 7.50. The number of primary amides is 1. The van der Waals surface area contributed by atoms with Crippen LogP contribution >= 0.6 is 0 Å². The van der Waals surface area contributed by atoms with Gasteiger partial charge in [0, 0.05) is 17.8 Å². The normalized spacial score (nSPS) is 15.4. The third kappa shape index (κ3) is 5.81. The zero-order valence-corrected chi connectivity index (χ0v) is 17.4. The molecule has 31 heavy (non-hydrogen) atoms. The lowest BCUT2D eigenvalue weighted by atomic mass is 10.1. The Kier molecular flexibility index (Phi) is 6.86. The lowest BCUT2D eigenvalue weighted by Gasteiger charge is -2.20. The topological polar surface area (TPSA) is 126 Å². The van der Waals surface area contributed by atoms with Crippen LogP contribution in [0.5, 0.6) is 0 Å². The van der Waals surface area contributed by atoms with E-state index in [9.17, 15) is 14.4 Å². The zero-order valence-electron chi connectivity index (χ0n) is 17.4. The predicted molar refractivity (Wildman–Crippen MR) is 119 cm³/mol. The summed E-state index contributed by atoms with van der Waals surface area (Å²) in [6, 6.07) is 14.9. The van der Waals surface area contributed by atoms with Crippen molar-refractivity contribution in [3.8, 4) is 0 Å². The highest BCUT2D eigenvalue weighted by atomic mass is 16.5. The van der Waals surface area contributed by atoms with E-state index in [0.29, 0.717) is 23.7 Å². The van der Waals surface area contributed by atoms with Crippen LogP contribution in [0.15, 0.2) is 59.7 Å². The van der Waals surface area contributed by atoms with Crippen LogP contribution in [0, 0.1) is 5.92 Å². The maximum atomic E-state index is 12.7. The van der Waals surface area contributed by atoms with Crippen LogP contribution in [-0.4, -0.2) is 36.3 Å². The summed E-state index contributed by atoms with van der Waals surface area (Å²) in [7, 11) is 0. The Morgan fingerprint density at radius 3 is 2.42 bits per heavy atom. The van der Waals surface area contributed by atoms with Crippen molar-refractivity contribution < 1.29 is 19.1 Å².